The molecule has 0 aliphatic carbocycles. The Morgan fingerprint density at radius 2 is 2.00 bits per heavy atom. The third kappa shape index (κ3) is 1.35. The summed E-state index contributed by atoms with van der Waals surface area (Å²) in [6.45, 7) is 0.618. The first-order valence-electron chi connectivity index (χ1n) is 6.36. The van der Waals surface area contributed by atoms with Gasteiger partial charge in [0, 0.05) is 19.2 Å². The Morgan fingerprint density at radius 1 is 1.26 bits per heavy atom. The molecule has 1 atom stereocenters. The molecule has 0 saturated carbocycles. The first kappa shape index (κ1) is 12.0. The number of urea groups is 1. The second-order valence-corrected chi connectivity index (χ2v) is 4.96. The van der Waals surface area contributed by atoms with E-state index in [-0.39, 0.29) is 11.9 Å². The molecule has 0 bridgehead atoms. The maximum Gasteiger partial charge on any atom is 0.327 e. The number of ether oxygens (including phenoxy) is 1. The van der Waals surface area contributed by atoms with E-state index in [2.05, 4.69) is 0 Å². The lowest BCUT2D eigenvalue weighted by Gasteiger charge is -2.30. The fourth-order valence-corrected chi connectivity index (χ4v) is 3.23. The number of carbonyl (C=O) groups is 2. The van der Waals surface area contributed by atoms with E-state index >= 15 is 0 Å². The van der Waals surface area contributed by atoms with E-state index in [4.69, 9.17) is 4.74 Å². The number of hydrogen-bond acceptors (Lipinski definition) is 3. The molecule has 1 unspecified atom stereocenters. The fraction of sp³-hybridized carbons (Fsp3) is 0.429. The van der Waals surface area contributed by atoms with E-state index in [1.807, 2.05) is 24.3 Å². The average molecular weight is 260 g/mol. The molecular weight excluding hydrogens is 244 g/mol. The molecule has 0 aromatic heterocycles. The SMILES string of the molecule is COc1ccccc1C12CCCN1C(=O)N(C)C2=O. The number of hydrogen-bond donors (Lipinski definition) is 0. The van der Waals surface area contributed by atoms with Crippen LogP contribution in [0.2, 0.25) is 0 Å². The molecule has 2 fully saturated rings. The van der Waals surface area contributed by atoms with Crippen LogP contribution in [0.3, 0.4) is 0 Å². The quantitative estimate of drug-likeness (QED) is 0.758. The van der Waals surface area contributed by atoms with Crippen molar-refractivity contribution in [3.63, 3.8) is 0 Å². The summed E-state index contributed by atoms with van der Waals surface area (Å²) in [4.78, 5) is 27.6. The molecule has 5 heteroatoms. The minimum Gasteiger partial charge on any atom is -0.496 e. The Hall–Kier alpha value is -2.04. The third-order valence-electron chi connectivity index (χ3n) is 4.11. The third-order valence-corrected chi connectivity index (χ3v) is 4.11. The number of methoxy groups -OCH3 is 1. The molecule has 2 aliphatic rings. The van der Waals surface area contributed by atoms with Crippen molar-refractivity contribution in [2.45, 2.75) is 18.4 Å². The van der Waals surface area contributed by atoms with Gasteiger partial charge in [0.2, 0.25) is 0 Å². The number of likely N-dealkylation sites (N-methyl/N-ethyl adjacent to an activating group) is 1. The first-order valence-corrected chi connectivity index (χ1v) is 6.36. The predicted octanol–water partition coefficient (Wildman–Crippen LogP) is 1.58. The van der Waals surface area contributed by atoms with Crippen LogP contribution in [0, 0.1) is 0 Å². The van der Waals surface area contributed by atoms with Gasteiger partial charge in [-0.2, -0.15) is 0 Å². The van der Waals surface area contributed by atoms with Gasteiger partial charge in [-0.3, -0.25) is 9.69 Å². The molecule has 0 spiro atoms. The lowest BCUT2D eigenvalue weighted by Crippen LogP contribution is -2.42. The summed E-state index contributed by atoms with van der Waals surface area (Å²) in [5, 5.41) is 0. The molecule has 1 aromatic rings. The number of rotatable bonds is 2. The summed E-state index contributed by atoms with van der Waals surface area (Å²) < 4.78 is 5.37. The van der Waals surface area contributed by atoms with Gasteiger partial charge in [-0.15, -0.1) is 0 Å². The van der Waals surface area contributed by atoms with Crippen molar-refractivity contribution in [1.82, 2.24) is 9.80 Å². The summed E-state index contributed by atoms with van der Waals surface area (Å²) in [7, 11) is 3.12. The van der Waals surface area contributed by atoms with Gasteiger partial charge in [-0.05, 0) is 18.9 Å². The molecule has 2 saturated heterocycles. The zero-order chi connectivity index (χ0) is 13.6. The molecule has 5 nitrogen and oxygen atoms in total. The zero-order valence-electron chi connectivity index (χ0n) is 11.0. The molecular formula is C14H16N2O3. The van der Waals surface area contributed by atoms with Gasteiger partial charge in [0.25, 0.3) is 5.91 Å². The van der Waals surface area contributed by atoms with Crippen LogP contribution in [0.4, 0.5) is 4.79 Å². The Bertz CT molecular complexity index is 557. The van der Waals surface area contributed by atoms with Crippen LogP contribution >= 0.6 is 0 Å². The standard InChI is InChI=1S/C14H16N2O3/c1-15-12(17)14(8-5-9-16(14)13(15)18)10-6-3-4-7-11(10)19-2/h3-4,6-7H,5,8-9H2,1-2H3. The molecule has 100 valence electrons. The Morgan fingerprint density at radius 3 is 2.74 bits per heavy atom. The topological polar surface area (TPSA) is 49.9 Å². The highest BCUT2D eigenvalue weighted by Crippen LogP contribution is 2.47. The number of nitrogens with zero attached hydrogens (tertiary/aromatic N) is 2. The van der Waals surface area contributed by atoms with E-state index in [0.717, 1.165) is 12.0 Å². The first-order chi connectivity index (χ1) is 9.13. The maximum atomic E-state index is 12.6. The summed E-state index contributed by atoms with van der Waals surface area (Å²) in [6.07, 6.45) is 1.49. The van der Waals surface area contributed by atoms with Crippen molar-refractivity contribution in [2.75, 3.05) is 20.7 Å². The van der Waals surface area contributed by atoms with E-state index in [9.17, 15) is 9.59 Å². The van der Waals surface area contributed by atoms with Gasteiger partial charge in [-0.25, -0.2) is 4.79 Å². The number of imide groups is 1. The van der Waals surface area contributed by atoms with Crippen LogP contribution in [0.1, 0.15) is 18.4 Å². The molecule has 3 rings (SSSR count). The highest BCUT2D eigenvalue weighted by molar-refractivity contribution is 6.07. The summed E-state index contributed by atoms with van der Waals surface area (Å²) in [5.74, 6) is 0.505. The van der Waals surface area contributed by atoms with E-state index in [1.165, 1.54) is 4.90 Å². The van der Waals surface area contributed by atoms with Crippen molar-refractivity contribution < 1.29 is 14.3 Å². The normalized spacial score (nSPS) is 26.0. The van der Waals surface area contributed by atoms with Gasteiger partial charge in [0.15, 0.2) is 5.54 Å². The van der Waals surface area contributed by atoms with Gasteiger partial charge in [0.05, 0.1) is 7.11 Å². The largest absolute Gasteiger partial charge is 0.496 e. The van der Waals surface area contributed by atoms with Gasteiger partial charge < -0.3 is 9.64 Å². The lowest BCUT2D eigenvalue weighted by molar-refractivity contribution is -0.132. The number of carbonyl (C=O) groups excluding carboxylic acids is 2. The van der Waals surface area contributed by atoms with Crippen LogP contribution < -0.4 is 4.74 Å². The maximum absolute atomic E-state index is 12.6. The van der Waals surface area contributed by atoms with Crippen molar-refractivity contribution >= 4 is 11.9 Å². The fourth-order valence-electron chi connectivity index (χ4n) is 3.23. The second-order valence-electron chi connectivity index (χ2n) is 4.96. The molecule has 19 heavy (non-hydrogen) atoms. The summed E-state index contributed by atoms with van der Waals surface area (Å²) in [5.41, 5.74) is -0.0731. The molecule has 0 N–H and O–H groups in total. The highest BCUT2D eigenvalue weighted by Gasteiger charge is 2.60. The molecule has 3 amide bonds. The van der Waals surface area contributed by atoms with E-state index in [0.29, 0.717) is 18.7 Å². The van der Waals surface area contributed by atoms with Crippen LogP contribution in [0.5, 0.6) is 5.75 Å². The number of para-hydroxylation sites is 1. The number of fused-ring (bicyclic) bond motifs is 1. The number of amides is 3. The average Bonchev–Trinajstić information content (AvgIpc) is 2.96. The second kappa shape index (κ2) is 3.98. The van der Waals surface area contributed by atoms with Crippen LogP contribution in [-0.4, -0.2) is 42.4 Å². The Balaban J connectivity index is 2.21. The van der Waals surface area contributed by atoms with Gasteiger partial charge in [-0.1, -0.05) is 18.2 Å². The van der Waals surface area contributed by atoms with Crippen LogP contribution in [0.25, 0.3) is 0 Å². The molecule has 2 heterocycles. The zero-order valence-corrected chi connectivity index (χ0v) is 11.0. The minimum absolute atomic E-state index is 0.153. The predicted molar refractivity (Wildman–Crippen MR) is 68.8 cm³/mol. The molecule has 2 aliphatic heterocycles. The van der Waals surface area contributed by atoms with Crippen molar-refractivity contribution in [1.29, 1.82) is 0 Å². The van der Waals surface area contributed by atoms with Crippen LogP contribution in [0.15, 0.2) is 24.3 Å². The Labute approximate surface area is 111 Å². The highest BCUT2D eigenvalue weighted by atomic mass is 16.5. The van der Waals surface area contributed by atoms with E-state index < -0.39 is 5.54 Å². The van der Waals surface area contributed by atoms with E-state index in [1.54, 1.807) is 19.1 Å². The van der Waals surface area contributed by atoms with Gasteiger partial charge >= 0.3 is 6.03 Å². The monoisotopic (exact) mass is 260 g/mol. The van der Waals surface area contributed by atoms with Crippen molar-refractivity contribution in [3.05, 3.63) is 29.8 Å². The lowest BCUT2D eigenvalue weighted by atomic mass is 9.86. The molecule has 0 radical (unpaired) electrons. The number of benzene rings is 1. The van der Waals surface area contributed by atoms with Crippen molar-refractivity contribution in [2.24, 2.45) is 0 Å². The summed E-state index contributed by atoms with van der Waals surface area (Å²) >= 11 is 0. The smallest absolute Gasteiger partial charge is 0.327 e. The summed E-state index contributed by atoms with van der Waals surface area (Å²) in [6, 6.07) is 7.23. The molecule has 1 aromatic carbocycles. The minimum atomic E-state index is -0.863. The Kier molecular flexibility index (Phi) is 2.52. The van der Waals surface area contributed by atoms with Crippen LogP contribution in [-0.2, 0) is 10.3 Å². The van der Waals surface area contributed by atoms with Gasteiger partial charge in [0.1, 0.15) is 5.75 Å². The van der Waals surface area contributed by atoms with Crippen molar-refractivity contribution in [3.8, 4) is 5.75 Å².